The predicted molar refractivity (Wildman–Crippen MR) is 63.0 cm³/mol. The minimum Gasteiger partial charge on any atom is -0.316 e. The van der Waals surface area contributed by atoms with Crippen LogP contribution in [-0.4, -0.2) is 43.8 Å². The summed E-state index contributed by atoms with van der Waals surface area (Å²) in [6, 6.07) is 0. The molecule has 1 saturated heterocycles. The SMILES string of the molecule is CCCN(CCC1CCCNC1)CC(F)(F)F. The van der Waals surface area contributed by atoms with E-state index in [4.69, 9.17) is 0 Å². The average molecular weight is 252 g/mol. The second-order valence-electron chi connectivity index (χ2n) is 4.89. The second kappa shape index (κ2) is 7.21. The number of hydrogen-bond donors (Lipinski definition) is 1. The van der Waals surface area contributed by atoms with Crippen LogP contribution in [0.4, 0.5) is 13.2 Å². The van der Waals surface area contributed by atoms with Crippen LogP contribution in [0, 0.1) is 5.92 Å². The fourth-order valence-corrected chi connectivity index (χ4v) is 2.38. The molecule has 0 spiro atoms. The summed E-state index contributed by atoms with van der Waals surface area (Å²) in [6.07, 6.45) is -0.112. The van der Waals surface area contributed by atoms with Crippen LogP contribution in [0.5, 0.6) is 0 Å². The van der Waals surface area contributed by atoms with E-state index < -0.39 is 12.7 Å². The summed E-state index contributed by atoms with van der Waals surface area (Å²) in [6.45, 7) is 4.29. The van der Waals surface area contributed by atoms with E-state index >= 15 is 0 Å². The van der Waals surface area contributed by atoms with Gasteiger partial charge in [0.05, 0.1) is 6.54 Å². The normalized spacial score (nSPS) is 22.1. The zero-order valence-corrected chi connectivity index (χ0v) is 10.5. The zero-order chi connectivity index (χ0) is 12.7. The van der Waals surface area contributed by atoms with Crippen molar-refractivity contribution in [1.29, 1.82) is 0 Å². The number of piperidine rings is 1. The predicted octanol–water partition coefficient (Wildman–Crippen LogP) is 2.65. The first-order valence-corrected chi connectivity index (χ1v) is 6.51. The number of hydrogen-bond acceptors (Lipinski definition) is 2. The van der Waals surface area contributed by atoms with Crippen molar-refractivity contribution in [2.24, 2.45) is 5.92 Å². The molecule has 1 atom stereocenters. The van der Waals surface area contributed by atoms with E-state index in [1.807, 2.05) is 6.92 Å². The van der Waals surface area contributed by atoms with Gasteiger partial charge in [0.15, 0.2) is 0 Å². The maximum Gasteiger partial charge on any atom is 0.401 e. The molecule has 1 N–H and O–H groups in total. The Kier molecular flexibility index (Phi) is 6.27. The van der Waals surface area contributed by atoms with Crippen molar-refractivity contribution in [1.82, 2.24) is 10.2 Å². The molecule has 0 aromatic rings. The van der Waals surface area contributed by atoms with Crippen LogP contribution in [0.25, 0.3) is 0 Å². The van der Waals surface area contributed by atoms with Gasteiger partial charge in [-0.25, -0.2) is 0 Å². The van der Waals surface area contributed by atoms with E-state index in [9.17, 15) is 13.2 Å². The molecule has 0 amide bonds. The maximum atomic E-state index is 12.3. The number of alkyl halides is 3. The van der Waals surface area contributed by atoms with Gasteiger partial charge < -0.3 is 5.32 Å². The molecule has 2 nitrogen and oxygen atoms in total. The van der Waals surface area contributed by atoms with Crippen LogP contribution in [-0.2, 0) is 0 Å². The summed E-state index contributed by atoms with van der Waals surface area (Å²) in [5, 5.41) is 3.30. The fourth-order valence-electron chi connectivity index (χ4n) is 2.38. The van der Waals surface area contributed by atoms with E-state index in [0.29, 0.717) is 19.0 Å². The molecule has 1 aliphatic rings. The molecule has 1 rings (SSSR count). The minimum atomic E-state index is -4.07. The minimum absolute atomic E-state index is 0.541. The first-order valence-electron chi connectivity index (χ1n) is 6.51. The van der Waals surface area contributed by atoms with Gasteiger partial charge in [-0.05, 0) is 57.8 Å². The molecule has 1 unspecified atom stereocenters. The van der Waals surface area contributed by atoms with Gasteiger partial charge in [-0.2, -0.15) is 13.2 Å². The van der Waals surface area contributed by atoms with Crippen molar-refractivity contribution in [3.05, 3.63) is 0 Å². The first kappa shape index (κ1) is 14.8. The quantitative estimate of drug-likeness (QED) is 0.782. The molecule has 1 aliphatic heterocycles. The summed E-state index contributed by atoms with van der Waals surface area (Å²) in [5.41, 5.74) is 0. The Bertz CT molecular complexity index is 200. The molecule has 0 aromatic carbocycles. The van der Waals surface area contributed by atoms with Gasteiger partial charge in [-0.3, -0.25) is 4.90 Å². The maximum absolute atomic E-state index is 12.3. The lowest BCUT2D eigenvalue weighted by atomic mass is 9.96. The molecule has 0 saturated carbocycles. The largest absolute Gasteiger partial charge is 0.401 e. The third-order valence-electron chi connectivity index (χ3n) is 3.20. The summed E-state index contributed by atoms with van der Waals surface area (Å²) in [7, 11) is 0. The lowest BCUT2D eigenvalue weighted by Gasteiger charge is -2.27. The van der Waals surface area contributed by atoms with Crippen molar-refractivity contribution in [3.63, 3.8) is 0 Å². The number of halogens is 3. The third-order valence-corrected chi connectivity index (χ3v) is 3.20. The van der Waals surface area contributed by atoms with Crippen LogP contribution in [0.3, 0.4) is 0 Å². The van der Waals surface area contributed by atoms with Crippen molar-refractivity contribution < 1.29 is 13.2 Å². The lowest BCUT2D eigenvalue weighted by molar-refractivity contribution is -0.146. The van der Waals surface area contributed by atoms with Gasteiger partial charge in [0, 0.05) is 0 Å². The average Bonchev–Trinajstić information content (AvgIpc) is 2.26. The van der Waals surface area contributed by atoms with Crippen LogP contribution in [0.15, 0.2) is 0 Å². The Morgan fingerprint density at radius 1 is 1.29 bits per heavy atom. The molecule has 1 heterocycles. The summed E-state index contributed by atoms with van der Waals surface area (Å²) < 4.78 is 37.0. The highest BCUT2D eigenvalue weighted by Gasteiger charge is 2.30. The molecular weight excluding hydrogens is 229 g/mol. The smallest absolute Gasteiger partial charge is 0.316 e. The Balaban J connectivity index is 2.27. The molecule has 102 valence electrons. The molecular formula is C12H23F3N2. The third kappa shape index (κ3) is 6.88. The van der Waals surface area contributed by atoms with E-state index in [0.717, 1.165) is 38.8 Å². The Morgan fingerprint density at radius 3 is 2.59 bits per heavy atom. The molecule has 1 fully saturated rings. The molecule has 0 aromatic heterocycles. The highest BCUT2D eigenvalue weighted by Crippen LogP contribution is 2.19. The van der Waals surface area contributed by atoms with Crippen molar-refractivity contribution in [2.75, 3.05) is 32.7 Å². The summed E-state index contributed by atoms with van der Waals surface area (Å²) >= 11 is 0. The van der Waals surface area contributed by atoms with Gasteiger partial charge in [0.25, 0.3) is 0 Å². The monoisotopic (exact) mass is 252 g/mol. The van der Waals surface area contributed by atoms with Crippen LogP contribution < -0.4 is 5.32 Å². The molecule has 0 bridgehead atoms. The molecule has 0 aliphatic carbocycles. The standard InChI is InChI=1S/C12H23F3N2/c1-2-7-17(10-12(13,14)15)8-5-11-4-3-6-16-9-11/h11,16H,2-10H2,1H3. The Hall–Kier alpha value is -0.290. The van der Waals surface area contributed by atoms with Crippen molar-refractivity contribution >= 4 is 0 Å². The summed E-state index contributed by atoms with van der Waals surface area (Å²) in [5.74, 6) is 0.552. The van der Waals surface area contributed by atoms with E-state index in [1.54, 1.807) is 0 Å². The molecule has 17 heavy (non-hydrogen) atoms. The fraction of sp³-hybridized carbons (Fsp3) is 1.00. The first-order chi connectivity index (χ1) is 8.01. The van der Waals surface area contributed by atoms with Crippen LogP contribution in [0.2, 0.25) is 0 Å². The Morgan fingerprint density at radius 2 is 2.06 bits per heavy atom. The van der Waals surface area contributed by atoms with E-state index in [1.165, 1.54) is 4.90 Å². The van der Waals surface area contributed by atoms with Crippen LogP contribution in [0.1, 0.15) is 32.6 Å². The van der Waals surface area contributed by atoms with E-state index in [2.05, 4.69) is 5.32 Å². The number of nitrogens with one attached hydrogen (secondary N) is 1. The van der Waals surface area contributed by atoms with Gasteiger partial charge in [-0.1, -0.05) is 6.92 Å². The topological polar surface area (TPSA) is 15.3 Å². The highest BCUT2D eigenvalue weighted by molar-refractivity contribution is 4.72. The van der Waals surface area contributed by atoms with Crippen molar-refractivity contribution in [2.45, 2.75) is 38.8 Å². The van der Waals surface area contributed by atoms with Gasteiger partial charge in [0.2, 0.25) is 0 Å². The lowest BCUT2D eigenvalue weighted by Crippen LogP contribution is -2.38. The number of nitrogens with zero attached hydrogens (tertiary/aromatic N) is 1. The molecule has 5 heteroatoms. The van der Waals surface area contributed by atoms with Crippen molar-refractivity contribution in [3.8, 4) is 0 Å². The van der Waals surface area contributed by atoms with Gasteiger partial charge in [0.1, 0.15) is 0 Å². The summed E-state index contributed by atoms with van der Waals surface area (Å²) in [4.78, 5) is 1.54. The van der Waals surface area contributed by atoms with Gasteiger partial charge in [-0.15, -0.1) is 0 Å². The zero-order valence-electron chi connectivity index (χ0n) is 10.5. The van der Waals surface area contributed by atoms with E-state index in [-0.39, 0.29) is 0 Å². The van der Waals surface area contributed by atoms with Gasteiger partial charge >= 0.3 is 6.18 Å². The van der Waals surface area contributed by atoms with Crippen LogP contribution >= 0.6 is 0 Å². The highest BCUT2D eigenvalue weighted by atomic mass is 19.4. The molecule has 0 radical (unpaired) electrons. The second-order valence-corrected chi connectivity index (χ2v) is 4.89. The Labute approximate surface area is 102 Å². The number of rotatable bonds is 6.